The summed E-state index contributed by atoms with van der Waals surface area (Å²) >= 11 is 0. The predicted octanol–water partition coefficient (Wildman–Crippen LogP) is 1.49. The monoisotopic (exact) mass is 260 g/mol. The van der Waals surface area contributed by atoms with E-state index in [1.54, 1.807) is 12.1 Å². The largest absolute Gasteiger partial charge is 0.494 e. The van der Waals surface area contributed by atoms with Crippen molar-refractivity contribution in [3.05, 3.63) is 56.2 Å². The number of nitrogens with zero attached hydrogens (tertiary/aromatic N) is 1. The molecule has 2 rings (SSSR count). The standard InChI is InChI=1S/C14H16N2O3/c1-3-6-10-7-4-5-8-11(10)16-13(18)9(2)12(17)15-14(16)19/h4-5,7-8,18H,3,6H2,1-2H3,(H,15,17,19). The first kappa shape index (κ1) is 13.1. The van der Waals surface area contributed by atoms with Crippen LogP contribution in [0.3, 0.4) is 0 Å². The van der Waals surface area contributed by atoms with Gasteiger partial charge in [-0.3, -0.25) is 9.78 Å². The first-order chi connectivity index (χ1) is 9.06. The fraction of sp³-hybridized carbons (Fsp3) is 0.286. The molecule has 0 saturated heterocycles. The summed E-state index contributed by atoms with van der Waals surface area (Å²) in [6.45, 7) is 3.52. The summed E-state index contributed by atoms with van der Waals surface area (Å²) in [7, 11) is 0. The number of hydrogen-bond donors (Lipinski definition) is 2. The third kappa shape index (κ3) is 2.31. The highest BCUT2D eigenvalue weighted by Gasteiger charge is 2.14. The molecular weight excluding hydrogens is 244 g/mol. The van der Waals surface area contributed by atoms with Crippen LogP contribution in [0.1, 0.15) is 24.5 Å². The highest BCUT2D eigenvalue weighted by molar-refractivity contribution is 5.44. The predicted molar refractivity (Wildman–Crippen MR) is 73.1 cm³/mol. The number of hydrogen-bond acceptors (Lipinski definition) is 3. The maximum atomic E-state index is 11.9. The van der Waals surface area contributed by atoms with E-state index in [4.69, 9.17) is 0 Å². The summed E-state index contributed by atoms with van der Waals surface area (Å²) in [5.41, 5.74) is 0.495. The summed E-state index contributed by atoms with van der Waals surface area (Å²) in [5, 5.41) is 10.0. The Kier molecular flexibility index (Phi) is 3.55. The zero-order valence-electron chi connectivity index (χ0n) is 10.9. The van der Waals surface area contributed by atoms with Crippen molar-refractivity contribution in [3.8, 4) is 11.6 Å². The van der Waals surface area contributed by atoms with Crippen molar-refractivity contribution in [3.63, 3.8) is 0 Å². The molecule has 0 atom stereocenters. The van der Waals surface area contributed by atoms with E-state index in [9.17, 15) is 14.7 Å². The minimum Gasteiger partial charge on any atom is -0.494 e. The number of rotatable bonds is 3. The molecule has 1 aromatic carbocycles. The molecule has 0 spiro atoms. The van der Waals surface area contributed by atoms with Crippen LogP contribution >= 0.6 is 0 Å². The molecule has 1 aromatic heterocycles. The molecule has 0 radical (unpaired) electrons. The van der Waals surface area contributed by atoms with Gasteiger partial charge in [0.15, 0.2) is 0 Å². The molecular formula is C14H16N2O3. The molecule has 2 aromatic rings. The number of H-pyrrole nitrogens is 1. The molecule has 5 nitrogen and oxygen atoms in total. The molecule has 0 fully saturated rings. The maximum absolute atomic E-state index is 11.9. The zero-order valence-corrected chi connectivity index (χ0v) is 10.9. The van der Waals surface area contributed by atoms with Gasteiger partial charge in [0.05, 0.1) is 11.3 Å². The highest BCUT2D eigenvalue weighted by atomic mass is 16.3. The van der Waals surface area contributed by atoms with Gasteiger partial charge in [-0.1, -0.05) is 31.5 Å². The topological polar surface area (TPSA) is 75.1 Å². The van der Waals surface area contributed by atoms with Crippen molar-refractivity contribution in [2.45, 2.75) is 26.7 Å². The summed E-state index contributed by atoms with van der Waals surface area (Å²) in [6, 6.07) is 7.34. The molecule has 1 heterocycles. The van der Waals surface area contributed by atoms with Crippen molar-refractivity contribution in [2.24, 2.45) is 0 Å². The lowest BCUT2D eigenvalue weighted by atomic mass is 10.1. The first-order valence-corrected chi connectivity index (χ1v) is 6.19. The van der Waals surface area contributed by atoms with Gasteiger partial charge < -0.3 is 5.11 Å². The van der Waals surface area contributed by atoms with E-state index in [1.165, 1.54) is 6.92 Å². The van der Waals surface area contributed by atoms with E-state index in [1.807, 2.05) is 19.1 Å². The average molecular weight is 260 g/mol. The van der Waals surface area contributed by atoms with Crippen LogP contribution in [0.4, 0.5) is 0 Å². The van der Waals surface area contributed by atoms with E-state index in [0.717, 1.165) is 23.0 Å². The highest BCUT2D eigenvalue weighted by Crippen LogP contribution is 2.20. The van der Waals surface area contributed by atoms with E-state index < -0.39 is 11.2 Å². The molecule has 0 aliphatic carbocycles. The molecule has 0 amide bonds. The molecule has 19 heavy (non-hydrogen) atoms. The van der Waals surface area contributed by atoms with Gasteiger partial charge in [-0.25, -0.2) is 9.36 Å². The lowest BCUT2D eigenvalue weighted by molar-refractivity contribution is 0.425. The minimum atomic E-state index is -0.628. The number of benzene rings is 1. The van der Waals surface area contributed by atoms with Crippen molar-refractivity contribution in [1.29, 1.82) is 0 Å². The summed E-state index contributed by atoms with van der Waals surface area (Å²) in [5.74, 6) is -0.308. The zero-order chi connectivity index (χ0) is 14.0. The maximum Gasteiger partial charge on any atom is 0.335 e. The van der Waals surface area contributed by atoms with E-state index >= 15 is 0 Å². The van der Waals surface area contributed by atoms with Gasteiger partial charge in [-0.05, 0) is 25.0 Å². The van der Waals surface area contributed by atoms with Crippen LogP contribution in [0.25, 0.3) is 5.69 Å². The molecule has 0 saturated carbocycles. The molecule has 0 aliphatic heterocycles. The lowest BCUT2D eigenvalue weighted by Gasteiger charge is -2.13. The second-order valence-corrected chi connectivity index (χ2v) is 4.42. The van der Waals surface area contributed by atoms with E-state index in [-0.39, 0.29) is 11.4 Å². The molecule has 100 valence electrons. The van der Waals surface area contributed by atoms with Gasteiger partial charge in [0.25, 0.3) is 5.56 Å². The number of aryl methyl sites for hydroxylation is 1. The van der Waals surface area contributed by atoms with Crippen LogP contribution in [0.15, 0.2) is 33.9 Å². The number of para-hydroxylation sites is 1. The Morgan fingerprint density at radius 2 is 1.95 bits per heavy atom. The van der Waals surface area contributed by atoms with Gasteiger partial charge in [-0.2, -0.15) is 0 Å². The Bertz CT molecular complexity index is 713. The molecule has 2 N–H and O–H groups in total. The van der Waals surface area contributed by atoms with Crippen LogP contribution in [-0.4, -0.2) is 14.7 Å². The van der Waals surface area contributed by atoms with Gasteiger partial charge in [0.2, 0.25) is 5.88 Å². The van der Waals surface area contributed by atoms with Crippen molar-refractivity contribution in [2.75, 3.05) is 0 Å². The molecule has 0 aliphatic rings. The molecule has 5 heteroatoms. The Labute approximate surface area is 110 Å². The van der Waals surface area contributed by atoms with Crippen LogP contribution in [-0.2, 0) is 6.42 Å². The smallest absolute Gasteiger partial charge is 0.335 e. The van der Waals surface area contributed by atoms with Crippen LogP contribution in [0.5, 0.6) is 5.88 Å². The van der Waals surface area contributed by atoms with Crippen LogP contribution in [0, 0.1) is 6.92 Å². The fourth-order valence-electron chi connectivity index (χ4n) is 2.05. The second-order valence-electron chi connectivity index (χ2n) is 4.42. The average Bonchev–Trinajstić information content (AvgIpc) is 2.38. The fourth-order valence-corrected chi connectivity index (χ4v) is 2.05. The lowest BCUT2D eigenvalue weighted by Crippen LogP contribution is -2.30. The SMILES string of the molecule is CCCc1ccccc1-n1c(O)c(C)c(=O)[nH]c1=O. The number of aromatic hydroxyl groups is 1. The van der Waals surface area contributed by atoms with Crippen molar-refractivity contribution < 1.29 is 5.11 Å². The number of aromatic nitrogens is 2. The van der Waals surface area contributed by atoms with Gasteiger partial charge in [-0.15, -0.1) is 0 Å². The Morgan fingerprint density at radius 1 is 1.26 bits per heavy atom. The van der Waals surface area contributed by atoms with Crippen LogP contribution < -0.4 is 11.2 Å². The van der Waals surface area contributed by atoms with E-state index in [2.05, 4.69) is 4.98 Å². The third-order valence-electron chi connectivity index (χ3n) is 3.06. The second kappa shape index (κ2) is 5.14. The van der Waals surface area contributed by atoms with Crippen LogP contribution in [0.2, 0.25) is 0 Å². The summed E-state index contributed by atoms with van der Waals surface area (Å²) in [6.07, 6.45) is 1.72. The Balaban J connectivity index is 2.76. The van der Waals surface area contributed by atoms with E-state index in [0.29, 0.717) is 5.69 Å². The number of aromatic amines is 1. The Hall–Kier alpha value is -2.30. The van der Waals surface area contributed by atoms with Crippen molar-refractivity contribution >= 4 is 0 Å². The Morgan fingerprint density at radius 3 is 2.63 bits per heavy atom. The normalized spacial score (nSPS) is 10.6. The van der Waals surface area contributed by atoms with Gasteiger partial charge in [0.1, 0.15) is 0 Å². The first-order valence-electron chi connectivity index (χ1n) is 6.19. The van der Waals surface area contributed by atoms with Gasteiger partial charge >= 0.3 is 5.69 Å². The third-order valence-corrected chi connectivity index (χ3v) is 3.06. The van der Waals surface area contributed by atoms with Crippen molar-refractivity contribution in [1.82, 2.24) is 9.55 Å². The molecule has 0 bridgehead atoms. The quantitative estimate of drug-likeness (QED) is 0.878. The summed E-state index contributed by atoms with van der Waals surface area (Å²) in [4.78, 5) is 25.6. The van der Waals surface area contributed by atoms with Gasteiger partial charge in [0, 0.05) is 0 Å². The minimum absolute atomic E-state index is 0.130. The molecule has 0 unspecified atom stereocenters. The summed E-state index contributed by atoms with van der Waals surface area (Å²) < 4.78 is 1.14. The number of nitrogens with one attached hydrogen (secondary N) is 1.